The molecule has 1 aromatic heterocycles. The smallest absolute Gasteiger partial charge is 0.254 e. The highest BCUT2D eigenvalue weighted by Crippen LogP contribution is 2.15. The van der Waals surface area contributed by atoms with E-state index in [0.29, 0.717) is 22.8 Å². The van der Waals surface area contributed by atoms with Crippen LogP contribution in [-0.4, -0.2) is 27.8 Å². The number of amides is 1. The number of hydrogen-bond donors (Lipinski definition) is 2. The van der Waals surface area contributed by atoms with Crippen LogP contribution in [0.5, 0.6) is 0 Å². The molecule has 21 heavy (non-hydrogen) atoms. The molecule has 0 aliphatic heterocycles. The quantitative estimate of drug-likeness (QED) is 0.910. The summed E-state index contributed by atoms with van der Waals surface area (Å²) in [6.07, 6.45) is 1.71. The van der Waals surface area contributed by atoms with Crippen LogP contribution in [0.4, 0.5) is 0 Å². The Labute approximate surface area is 129 Å². The van der Waals surface area contributed by atoms with Gasteiger partial charge >= 0.3 is 0 Å². The average molecular weight is 307 g/mol. The van der Waals surface area contributed by atoms with E-state index < -0.39 is 5.54 Å². The van der Waals surface area contributed by atoms with E-state index >= 15 is 0 Å². The monoisotopic (exact) mass is 306 g/mol. The fourth-order valence-electron chi connectivity index (χ4n) is 1.81. The molecule has 0 radical (unpaired) electrons. The Bertz CT molecular complexity index is 641. The number of nitrogens with zero attached hydrogens (tertiary/aromatic N) is 2. The Balaban J connectivity index is 2.19. The summed E-state index contributed by atoms with van der Waals surface area (Å²) in [5.41, 5.74) is 7.46. The number of rotatable bonds is 4. The highest BCUT2D eigenvalue weighted by molar-refractivity contribution is 6.30. The van der Waals surface area contributed by atoms with Gasteiger partial charge in [0.25, 0.3) is 5.91 Å². The van der Waals surface area contributed by atoms with Gasteiger partial charge in [0.15, 0.2) is 0 Å². The maximum atomic E-state index is 12.2. The van der Waals surface area contributed by atoms with Crippen molar-refractivity contribution in [3.63, 3.8) is 0 Å². The lowest BCUT2D eigenvalue weighted by molar-refractivity contribution is 0.0945. The second-order valence-electron chi connectivity index (χ2n) is 5.72. The largest absolute Gasteiger partial charge is 0.350 e. The van der Waals surface area contributed by atoms with Crippen molar-refractivity contribution in [2.24, 2.45) is 5.73 Å². The molecule has 1 amide bonds. The molecular weight excluding hydrogens is 288 g/mol. The van der Waals surface area contributed by atoms with Crippen LogP contribution in [0.1, 0.15) is 29.9 Å². The molecule has 0 aliphatic rings. The molecule has 3 N–H and O–H groups in total. The Morgan fingerprint density at radius 3 is 2.57 bits per heavy atom. The van der Waals surface area contributed by atoms with E-state index in [1.165, 1.54) is 0 Å². The number of nitrogens with one attached hydrogen (secondary N) is 1. The lowest BCUT2D eigenvalue weighted by atomic mass is 10.1. The fraction of sp³-hybridized carbons (Fsp3) is 0.333. The summed E-state index contributed by atoms with van der Waals surface area (Å²) in [6.45, 7) is 5.92. The molecule has 0 saturated carbocycles. The van der Waals surface area contributed by atoms with Crippen LogP contribution in [0, 0.1) is 6.92 Å². The molecular formula is C15H19ClN4O. The summed E-state index contributed by atoms with van der Waals surface area (Å²) >= 11 is 5.86. The van der Waals surface area contributed by atoms with E-state index in [1.807, 2.05) is 26.0 Å². The van der Waals surface area contributed by atoms with E-state index in [0.717, 1.165) is 5.69 Å². The predicted octanol–water partition coefficient (Wildman–Crippen LogP) is 2.30. The Morgan fingerprint density at radius 1 is 1.38 bits per heavy atom. The van der Waals surface area contributed by atoms with Crippen molar-refractivity contribution in [2.45, 2.75) is 26.3 Å². The average Bonchev–Trinajstić information content (AvgIpc) is 2.78. The van der Waals surface area contributed by atoms with E-state index in [4.69, 9.17) is 17.3 Å². The van der Waals surface area contributed by atoms with Crippen LogP contribution in [-0.2, 0) is 0 Å². The van der Waals surface area contributed by atoms with Crippen LogP contribution < -0.4 is 11.1 Å². The van der Waals surface area contributed by atoms with Crippen molar-refractivity contribution in [3.8, 4) is 5.69 Å². The van der Waals surface area contributed by atoms with Gasteiger partial charge in [0.2, 0.25) is 0 Å². The first-order valence-electron chi connectivity index (χ1n) is 6.65. The Morgan fingerprint density at radius 2 is 2.00 bits per heavy atom. The van der Waals surface area contributed by atoms with Crippen molar-refractivity contribution < 1.29 is 4.79 Å². The maximum Gasteiger partial charge on any atom is 0.254 e. The third kappa shape index (κ3) is 4.06. The second-order valence-corrected chi connectivity index (χ2v) is 6.16. The zero-order chi connectivity index (χ0) is 15.6. The van der Waals surface area contributed by atoms with Gasteiger partial charge in [-0.1, -0.05) is 11.6 Å². The number of benzene rings is 1. The number of aromatic nitrogens is 2. The van der Waals surface area contributed by atoms with Gasteiger partial charge in [0, 0.05) is 23.3 Å². The van der Waals surface area contributed by atoms with Gasteiger partial charge in [0.1, 0.15) is 0 Å². The molecule has 0 bridgehead atoms. The van der Waals surface area contributed by atoms with Crippen molar-refractivity contribution >= 4 is 17.5 Å². The van der Waals surface area contributed by atoms with Crippen molar-refractivity contribution in [3.05, 3.63) is 46.7 Å². The van der Waals surface area contributed by atoms with Crippen molar-refractivity contribution in [2.75, 3.05) is 6.54 Å². The summed E-state index contributed by atoms with van der Waals surface area (Å²) in [5.74, 6) is -0.175. The molecule has 112 valence electrons. The first kappa shape index (κ1) is 15.5. The van der Waals surface area contributed by atoms with Crippen LogP contribution in [0.25, 0.3) is 5.69 Å². The van der Waals surface area contributed by atoms with Gasteiger partial charge in [-0.3, -0.25) is 4.79 Å². The molecule has 0 saturated heterocycles. The summed E-state index contributed by atoms with van der Waals surface area (Å²) in [7, 11) is 0. The molecule has 6 heteroatoms. The minimum absolute atomic E-state index is 0.175. The molecule has 0 atom stereocenters. The highest BCUT2D eigenvalue weighted by Gasteiger charge is 2.17. The zero-order valence-corrected chi connectivity index (χ0v) is 13.1. The normalized spacial score (nSPS) is 11.5. The van der Waals surface area contributed by atoms with Crippen molar-refractivity contribution in [1.82, 2.24) is 15.1 Å². The van der Waals surface area contributed by atoms with Gasteiger partial charge in [-0.05, 0) is 45.0 Å². The van der Waals surface area contributed by atoms with Crippen LogP contribution in [0.15, 0.2) is 30.5 Å². The molecule has 0 fully saturated rings. The molecule has 0 spiro atoms. The van der Waals surface area contributed by atoms with Crippen LogP contribution in [0.3, 0.4) is 0 Å². The van der Waals surface area contributed by atoms with Crippen LogP contribution in [0.2, 0.25) is 5.02 Å². The maximum absolute atomic E-state index is 12.2. The van der Waals surface area contributed by atoms with E-state index in [2.05, 4.69) is 10.4 Å². The van der Waals surface area contributed by atoms with Gasteiger partial charge in [-0.15, -0.1) is 0 Å². The summed E-state index contributed by atoms with van der Waals surface area (Å²) in [4.78, 5) is 12.2. The lowest BCUT2D eigenvalue weighted by Gasteiger charge is -2.18. The molecule has 0 unspecified atom stereocenters. The zero-order valence-electron chi connectivity index (χ0n) is 12.4. The summed E-state index contributed by atoms with van der Waals surface area (Å²) < 4.78 is 1.66. The molecule has 1 aromatic carbocycles. The number of carbonyl (C=O) groups is 1. The van der Waals surface area contributed by atoms with Gasteiger partial charge in [-0.25, -0.2) is 4.68 Å². The molecule has 2 aromatic rings. The minimum Gasteiger partial charge on any atom is -0.350 e. The van der Waals surface area contributed by atoms with Gasteiger partial charge < -0.3 is 11.1 Å². The number of halogens is 1. The Hall–Kier alpha value is -1.85. The molecule has 5 nitrogen and oxygen atoms in total. The van der Waals surface area contributed by atoms with Crippen molar-refractivity contribution in [1.29, 1.82) is 0 Å². The summed E-state index contributed by atoms with van der Waals surface area (Å²) in [5, 5.41) is 7.83. The number of nitrogens with two attached hydrogens (primary N) is 1. The van der Waals surface area contributed by atoms with Gasteiger partial charge in [-0.2, -0.15) is 5.10 Å². The van der Waals surface area contributed by atoms with Crippen LogP contribution >= 0.6 is 11.6 Å². The van der Waals surface area contributed by atoms with E-state index in [9.17, 15) is 4.79 Å². The Kier molecular flexibility index (Phi) is 4.34. The molecule has 0 aliphatic carbocycles. The topological polar surface area (TPSA) is 72.9 Å². The second kappa shape index (κ2) is 5.87. The predicted molar refractivity (Wildman–Crippen MR) is 83.9 cm³/mol. The fourth-order valence-corrected chi connectivity index (χ4v) is 1.94. The minimum atomic E-state index is -0.449. The first-order chi connectivity index (χ1) is 9.76. The van der Waals surface area contributed by atoms with Gasteiger partial charge in [0.05, 0.1) is 16.9 Å². The molecule has 1 heterocycles. The lowest BCUT2D eigenvalue weighted by Crippen LogP contribution is -2.45. The number of hydrogen-bond acceptors (Lipinski definition) is 3. The number of carbonyl (C=O) groups excluding carboxylic acids is 1. The SMILES string of the molecule is Cc1nn(-c2ccc(Cl)cc2)cc1C(=O)NCC(C)(C)N. The van der Waals surface area contributed by atoms with E-state index in [1.54, 1.807) is 29.9 Å². The third-order valence-corrected chi connectivity index (χ3v) is 3.19. The first-order valence-corrected chi connectivity index (χ1v) is 7.03. The third-order valence-electron chi connectivity index (χ3n) is 2.94. The van der Waals surface area contributed by atoms with E-state index in [-0.39, 0.29) is 5.91 Å². The number of aryl methyl sites for hydroxylation is 1. The summed E-state index contributed by atoms with van der Waals surface area (Å²) in [6, 6.07) is 7.26. The highest BCUT2D eigenvalue weighted by atomic mass is 35.5. The standard InChI is InChI=1S/C15H19ClN4O/c1-10-13(14(21)18-9-15(2,3)17)8-20(19-10)12-6-4-11(16)5-7-12/h4-8H,9,17H2,1-3H3,(H,18,21). The molecule has 2 rings (SSSR count).